The molecule has 0 aliphatic carbocycles. The molecule has 0 bridgehead atoms. The van der Waals surface area contributed by atoms with Crippen molar-refractivity contribution in [1.29, 1.82) is 0 Å². The topological polar surface area (TPSA) is 41.1 Å². The molecule has 0 atom stereocenters. The van der Waals surface area contributed by atoms with Crippen LogP contribution in [0.3, 0.4) is 0 Å². The van der Waals surface area contributed by atoms with Crippen molar-refractivity contribution in [2.45, 2.75) is 57.8 Å². The zero-order valence-electron chi connectivity index (χ0n) is 9.69. The molecule has 1 aliphatic rings. The molecule has 15 heavy (non-hydrogen) atoms. The first-order valence-corrected chi connectivity index (χ1v) is 6.37. The Labute approximate surface area is 93.0 Å². The van der Waals surface area contributed by atoms with Crippen LogP contribution in [0.1, 0.15) is 57.8 Å². The van der Waals surface area contributed by atoms with E-state index in [4.69, 9.17) is 0 Å². The summed E-state index contributed by atoms with van der Waals surface area (Å²) in [6.45, 7) is 2.07. The third-order valence-corrected chi connectivity index (χ3v) is 2.89. The van der Waals surface area contributed by atoms with Crippen LogP contribution in [-0.4, -0.2) is 18.9 Å². The number of carbonyl (C=O) groups excluding carboxylic acids is 1. The van der Waals surface area contributed by atoms with E-state index in [9.17, 15) is 4.79 Å². The molecule has 88 valence electrons. The Bertz CT molecular complexity index is 155. The summed E-state index contributed by atoms with van der Waals surface area (Å²) in [6.07, 6.45) is 9.75. The lowest BCUT2D eigenvalue weighted by Gasteiger charge is -2.08. The van der Waals surface area contributed by atoms with Crippen molar-refractivity contribution in [2.24, 2.45) is 0 Å². The zero-order chi connectivity index (χ0) is 10.8. The van der Waals surface area contributed by atoms with Gasteiger partial charge in [0.15, 0.2) is 0 Å². The number of ketones is 1. The summed E-state index contributed by atoms with van der Waals surface area (Å²) in [7, 11) is 0. The minimum absolute atomic E-state index is 0.471. The van der Waals surface area contributed by atoms with Gasteiger partial charge in [0, 0.05) is 25.9 Å². The Morgan fingerprint density at radius 3 is 1.73 bits per heavy atom. The highest BCUT2D eigenvalue weighted by Crippen LogP contribution is 2.07. The van der Waals surface area contributed by atoms with Gasteiger partial charge in [-0.1, -0.05) is 19.3 Å². The maximum absolute atomic E-state index is 11.4. The lowest BCUT2D eigenvalue weighted by atomic mass is 10.0. The molecule has 1 fully saturated rings. The Hall–Kier alpha value is -0.410. The van der Waals surface area contributed by atoms with Crippen molar-refractivity contribution in [3.63, 3.8) is 0 Å². The van der Waals surface area contributed by atoms with E-state index in [1.807, 2.05) is 0 Å². The molecule has 3 nitrogen and oxygen atoms in total. The van der Waals surface area contributed by atoms with E-state index in [-0.39, 0.29) is 0 Å². The maximum Gasteiger partial charge on any atom is 0.132 e. The Morgan fingerprint density at radius 2 is 1.13 bits per heavy atom. The molecule has 1 saturated heterocycles. The molecule has 0 aromatic rings. The van der Waals surface area contributed by atoms with Gasteiger partial charge >= 0.3 is 0 Å². The number of rotatable bonds is 0. The monoisotopic (exact) mass is 212 g/mol. The van der Waals surface area contributed by atoms with Crippen molar-refractivity contribution in [2.75, 3.05) is 13.1 Å². The van der Waals surface area contributed by atoms with Gasteiger partial charge in [-0.05, 0) is 25.7 Å². The highest BCUT2D eigenvalue weighted by Gasteiger charge is 2.02. The fourth-order valence-corrected chi connectivity index (χ4v) is 1.90. The third kappa shape index (κ3) is 7.51. The molecule has 0 aromatic heterocycles. The third-order valence-electron chi connectivity index (χ3n) is 2.89. The average molecular weight is 212 g/mol. The van der Waals surface area contributed by atoms with Crippen LogP contribution in [-0.2, 0) is 4.79 Å². The van der Waals surface area contributed by atoms with E-state index in [0.717, 1.165) is 38.8 Å². The first-order valence-electron chi connectivity index (χ1n) is 6.37. The summed E-state index contributed by atoms with van der Waals surface area (Å²) in [5, 5.41) is 0. The lowest BCUT2D eigenvalue weighted by Crippen LogP contribution is -2.33. The van der Waals surface area contributed by atoms with E-state index in [1.54, 1.807) is 0 Å². The van der Waals surface area contributed by atoms with Crippen LogP contribution < -0.4 is 10.9 Å². The molecule has 0 aromatic carbocycles. The quantitative estimate of drug-likeness (QED) is 0.646. The summed E-state index contributed by atoms with van der Waals surface area (Å²) in [5.74, 6) is 0.471. The van der Waals surface area contributed by atoms with Crippen molar-refractivity contribution in [1.82, 2.24) is 10.9 Å². The van der Waals surface area contributed by atoms with Gasteiger partial charge < -0.3 is 0 Å². The van der Waals surface area contributed by atoms with Gasteiger partial charge in [-0.3, -0.25) is 15.6 Å². The van der Waals surface area contributed by atoms with Gasteiger partial charge in [0.2, 0.25) is 0 Å². The number of nitrogens with one attached hydrogen (secondary N) is 2. The zero-order valence-corrected chi connectivity index (χ0v) is 9.69. The second-order valence-corrected chi connectivity index (χ2v) is 4.37. The second kappa shape index (κ2) is 8.86. The molecule has 0 amide bonds. The maximum atomic E-state index is 11.4. The van der Waals surface area contributed by atoms with Crippen molar-refractivity contribution >= 4 is 5.78 Å². The summed E-state index contributed by atoms with van der Waals surface area (Å²) in [4.78, 5) is 11.4. The van der Waals surface area contributed by atoms with E-state index in [1.165, 1.54) is 32.1 Å². The van der Waals surface area contributed by atoms with Crippen LogP contribution in [0.2, 0.25) is 0 Å². The van der Waals surface area contributed by atoms with Gasteiger partial charge in [0.05, 0.1) is 0 Å². The summed E-state index contributed by atoms with van der Waals surface area (Å²) in [5.41, 5.74) is 6.45. The molecule has 1 aliphatic heterocycles. The lowest BCUT2D eigenvalue weighted by molar-refractivity contribution is -0.119. The molecular formula is C12H24N2O. The number of carbonyl (C=O) groups is 1. The Kier molecular flexibility index (Phi) is 7.48. The van der Waals surface area contributed by atoms with Crippen LogP contribution in [0.25, 0.3) is 0 Å². The minimum Gasteiger partial charge on any atom is -0.300 e. The van der Waals surface area contributed by atoms with Crippen LogP contribution >= 0.6 is 0 Å². The summed E-state index contributed by atoms with van der Waals surface area (Å²) < 4.78 is 0. The van der Waals surface area contributed by atoms with Crippen molar-refractivity contribution in [3.05, 3.63) is 0 Å². The molecule has 1 heterocycles. The standard InChI is InChI=1S/C12H24N2O/c15-12-8-4-1-2-6-10-13-14-11-7-3-5-9-12/h13-14H,1-11H2. The SMILES string of the molecule is O=C1CCCCCCNNCCCCC1. The number of hydrogen-bond acceptors (Lipinski definition) is 3. The first kappa shape index (κ1) is 12.7. The van der Waals surface area contributed by atoms with E-state index in [0.29, 0.717) is 5.78 Å². The molecule has 0 spiro atoms. The summed E-state index contributed by atoms with van der Waals surface area (Å²) >= 11 is 0. The van der Waals surface area contributed by atoms with Crippen molar-refractivity contribution in [3.8, 4) is 0 Å². The number of Topliss-reactive ketones (excluding diaryl/α,β-unsaturated/α-hetero) is 1. The highest BCUT2D eigenvalue weighted by atomic mass is 16.1. The fraction of sp³-hybridized carbons (Fsp3) is 0.917. The molecule has 0 unspecified atom stereocenters. The van der Waals surface area contributed by atoms with Crippen LogP contribution in [0.5, 0.6) is 0 Å². The molecule has 3 heteroatoms. The minimum atomic E-state index is 0.471. The van der Waals surface area contributed by atoms with E-state index in [2.05, 4.69) is 10.9 Å². The molecular weight excluding hydrogens is 188 g/mol. The Morgan fingerprint density at radius 1 is 0.667 bits per heavy atom. The molecule has 1 rings (SSSR count). The molecule has 2 N–H and O–H groups in total. The average Bonchev–Trinajstić information content (AvgIpc) is 2.24. The number of hydrogen-bond donors (Lipinski definition) is 2. The fourth-order valence-electron chi connectivity index (χ4n) is 1.90. The van der Waals surface area contributed by atoms with Crippen LogP contribution in [0.4, 0.5) is 0 Å². The van der Waals surface area contributed by atoms with Crippen molar-refractivity contribution < 1.29 is 4.79 Å². The molecule has 0 saturated carbocycles. The van der Waals surface area contributed by atoms with Crippen LogP contribution in [0, 0.1) is 0 Å². The van der Waals surface area contributed by atoms with Crippen LogP contribution in [0.15, 0.2) is 0 Å². The van der Waals surface area contributed by atoms with Gasteiger partial charge in [-0.2, -0.15) is 0 Å². The van der Waals surface area contributed by atoms with Gasteiger partial charge in [-0.15, -0.1) is 0 Å². The van der Waals surface area contributed by atoms with E-state index < -0.39 is 0 Å². The summed E-state index contributed by atoms with van der Waals surface area (Å²) in [6, 6.07) is 0. The normalized spacial score (nSPS) is 23.3. The Balaban J connectivity index is 2.13. The second-order valence-electron chi connectivity index (χ2n) is 4.37. The smallest absolute Gasteiger partial charge is 0.132 e. The predicted molar refractivity (Wildman–Crippen MR) is 62.6 cm³/mol. The predicted octanol–water partition coefficient (Wildman–Crippen LogP) is 2.17. The molecule has 0 radical (unpaired) electrons. The van der Waals surface area contributed by atoms with Gasteiger partial charge in [0.25, 0.3) is 0 Å². The number of hydrazine groups is 1. The largest absolute Gasteiger partial charge is 0.300 e. The van der Waals surface area contributed by atoms with E-state index >= 15 is 0 Å². The first-order chi connectivity index (χ1) is 7.39. The highest BCUT2D eigenvalue weighted by molar-refractivity contribution is 5.78. The van der Waals surface area contributed by atoms with Gasteiger partial charge in [-0.25, -0.2) is 0 Å². The van der Waals surface area contributed by atoms with Gasteiger partial charge in [0.1, 0.15) is 5.78 Å².